The van der Waals surface area contributed by atoms with Crippen molar-refractivity contribution in [2.24, 2.45) is 0 Å². The monoisotopic (exact) mass is 337 g/mol. The molecule has 0 spiro atoms. The Hall–Kier alpha value is -1.20. The molecule has 0 bridgehead atoms. The van der Waals surface area contributed by atoms with E-state index in [4.69, 9.17) is 4.42 Å². The minimum absolute atomic E-state index is 0.0637. The van der Waals surface area contributed by atoms with E-state index in [1.54, 1.807) is 12.1 Å². The quantitative estimate of drug-likeness (QED) is 0.900. The van der Waals surface area contributed by atoms with Gasteiger partial charge >= 0.3 is 0 Å². The molecule has 19 heavy (non-hydrogen) atoms. The molecule has 1 aliphatic heterocycles. The van der Waals surface area contributed by atoms with Gasteiger partial charge in [0.25, 0.3) is 5.91 Å². The van der Waals surface area contributed by atoms with Gasteiger partial charge in [0, 0.05) is 10.6 Å². The van der Waals surface area contributed by atoms with Gasteiger partial charge in [0.1, 0.15) is 0 Å². The fourth-order valence-corrected chi connectivity index (χ4v) is 3.59. The number of benzene rings is 1. The molecule has 98 valence electrons. The Kier molecular flexibility index (Phi) is 3.66. The zero-order valence-corrected chi connectivity index (χ0v) is 12.5. The van der Waals surface area contributed by atoms with Crippen LogP contribution in [-0.2, 0) is 0 Å². The molecule has 1 unspecified atom stereocenters. The largest absolute Gasteiger partial charge is 0.444 e. The molecule has 1 aromatic carbocycles. The minimum atomic E-state index is -0.169. The molecule has 1 amide bonds. The molecule has 0 saturated carbocycles. The standard InChI is InChI=1S/C14H12BrNO2S/c15-13-6-5-11(18-13)14(17)16-10-7-8-19-12-4-2-1-3-9(10)12/h1-6,10H,7-8H2,(H,16,17). The van der Waals surface area contributed by atoms with Gasteiger partial charge in [-0.05, 0) is 46.1 Å². The van der Waals surface area contributed by atoms with Gasteiger partial charge in [0.05, 0.1) is 6.04 Å². The number of rotatable bonds is 2. The van der Waals surface area contributed by atoms with Gasteiger partial charge in [0.15, 0.2) is 10.4 Å². The summed E-state index contributed by atoms with van der Waals surface area (Å²) in [6.07, 6.45) is 0.940. The lowest BCUT2D eigenvalue weighted by Crippen LogP contribution is -2.30. The van der Waals surface area contributed by atoms with Crippen LogP contribution < -0.4 is 5.32 Å². The number of carbonyl (C=O) groups is 1. The van der Waals surface area contributed by atoms with Crippen molar-refractivity contribution in [2.75, 3.05) is 5.75 Å². The summed E-state index contributed by atoms with van der Waals surface area (Å²) in [5.41, 5.74) is 1.19. The first-order valence-electron chi connectivity index (χ1n) is 6.02. The van der Waals surface area contributed by atoms with Gasteiger partial charge < -0.3 is 9.73 Å². The van der Waals surface area contributed by atoms with Crippen LogP contribution in [0.5, 0.6) is 0 Å². The Morgan fingerprint density at radius 2 is 2.16 bits per heavy atom. The Bertz CT molecular complexity index is 611. The number of hydrogen-bond acceptors (Lipinski definition) is 3. The van der Waals surface area contributed by atoms with E-state index >= 15 is 0 Å². The molecule has 1 atom stereocenters. The summed E-state index contributed by atoms with van der Waals surface area (Å²) < 4.78 is 5.84. The second kappa shape index (κ2) is 5.43. The first kappa shape index (κ1) is 12.8. The molecular weight excluding hydrogens is 326 g/mol. The van der Waals surface area contributed by atoms with Gasteiger partial charge in [-0.1, -0.05) is 18.2 Å². The molecule has 0 saturated heterocycles. The van der Waals surface area contributed by atoms with Crippen LogP contribution in [0.1, 0.15) is 28.6 Å². The van der Waals surface area contributed by atoms with Crippen molar-refractivity contribution in [3.05, 3.63) is 52.4 Å². The molecule has 1 aliphatic rings. The lowest BCUT2D eigenvalue weighted by Gasteiger charge is -2.25. The normalized spacial score (nSPS) is 17.8. The van der Waals surface area contributed by atoms with E-state index in [9.17, 15) is 4.79 Å². The van der Waals surface area contributed by atoms with Crippen molar-refractivity contribution < 1.29 is 9.21 Å². The van der Waals surface area contributed by atoms with E-state index in [2.05, 4.69) is 33.4 Å². The number of halogens is 1. The summed E-state index contributed by atoms with van der Waals surface area (Å²) in [5.74, 6) is 1.18. The summed E-state index contributed by atoms with van der Waals surface area (Å²) >= 11 is 5.04. The van der Waals surface area contributed by atoms with Crippen molar-refractivity contribution >= 4 is 33.6 Å². The van der Waals surface area contributed by atoms with Gasteiger partial charge in [-0.25, -0.2) is 0 Å². The van der Waals surface area contributed by atoms with Gasteiger partial charge in [-0.2, -0.15) is 0 Å². The number of furan rings is 1. The van der Waals surface area contributed by atoms with Crippen molar-refractivity contribution in [2.45, 2.75) is 17.4 Å². The van der Waals surface area contributed by atoms with Crippen LogP contribution in [0.25, 0.3) is 0 Å². The molecule has 1 N–H and O–H groups in total. The van der Waals surface area contributed by atoms with Crippen LogP contribution in [0, 0.1) is 0 Å². The molecule has 0 radical (unpaired) electrons. The smallest absolute Gasteiger partial charge is 0.287 e. The van der Waals surface area contributed by atoms with Crippen LogP contribution >= 0.6 is 27.7 Å². The molecule has 1 aromatic heterocycles. The van der Waals surface area contributed by atoms with Crippen molar-refractivity contribution in [1.82, 2.24) is 5.32 Å². The first-order valence-corrected chi connectivity index (χ1v) is 7.80. The number of carbonyl (C=O) groups excluding carboxylic acids is 1. The summed E-state index contributed by atoms with van der Waals surface area (Å²) in [6, 6.07) is 11.7. The molecular formula is C14H12BrNO2S. The predicted molar refractivity (Wildman–Crippen MR) is 78.4 cm³/mol. The summed E-state index contributed by atoms with van der Waals surface area (Å²) in [6.45, 7) is 0. The number of nitrogens with one attached hydrogen (secondary N) is 1. The summed E-state index contributed by atoms with van der Waals surface area (Å²) in [5, 5.41) is 3.04. The maximum atomic E-state index is 12.1. The van der Waals surface area contributed by atoms with Crippen molar-refractivity contribution in [3.63, 3.8) is 0 Å². The van der Waals surface area contributed by atoms with Crippen LogP contribution in [0.4, 0.5) is 0 Å². The number of amides is 1. The lowest BCUT2D eigenvalue weighted by molar-refractivity contribution is 0.0905. The van der Waals surface area contributed by atoms with E-state index in [-0.39, 0.29) is 11.9 Å². The highest BCUT2D eigenvalue weighted by molar-refractivity contribution is 9.10. The van der Waals surface area contributed by atoms with E-state index in [1.807, 2.05) is 23.9 Å². The Morgan fingerprint density at radius 3 is 2.95 bits per heavy atom. The second-order valence-electron chi connectivity index (χ2n) is 4.30. The van der Waals surface area contributed by atoms with Crippen LogP contribution in [0.3, 0.4) is 0 Å². The third-order valence-electron chi connectivity index (χ3n) is 3.06. The van der Waals surface area contributed by atoms with Crippen molar-refractivity contribution in [3.8, 4) is 0 Å². The Labute approximate surface area is 123 Å². The predicted octanol–water partition coefficient (Wildman–Crippen LogP) is 4.01. The first-order chi connectivity index (χ1) is 9.24. The SMILES string of the molecule is O=C(NC1CCSc2ccccc21)c1ccc(Br)o1. The zero-order valence-electron chi connectivity index (χ0n) is 10.1. The number of thioether (sulfide) groups is 1. The van der Waals surface area contributed by atoms with E-state index < -0.39 is 0 Å². The van der Waals surface area contributed by atoms with E-state index in [1.165, 1.54) is 10.5 Å². The molecule has 5 heteroatoms. The average Bonchev–Trinajstić information content (AvgIpc) is 2.86. The van der Waals surface area contributed by atoms with Gasteiger partial charge in [-0.15, -0.1) is 11.8 Å². The minimum Gasteiger partial charge on any atom is -0.444 e. The average molecular weight is 338 g/mol. The third-order valence-corrected chi connectivity index (χ3v) is 4.61. The third kappa shape index (κ3) is 2.72. The summed E-state index contributed by atoms with van der Waals surface area (Å²) in [7, 11) is 0. The van der Waals surface area contributed by atoms with Crippen LogP contribution in [-0.4, -0.2) is 11.7 Å². The fourth-order valence-electron chi connectivity index (χ4n) is 2.16. The van der Waals surface area contributed by atoms with E-state index in [0.29, 0.717) is 10.4 Å². The zero-order chi connectivity index (χ0) is 13.2. The van der Waals surface area contributed by atoms with Gasteiger partial charge in [-0.3, -0.25) is 4.79 Å². The molecule has 2 aromatic rings. The van der Waals surface area contributed by atoms with Gasteiger partial charge in [0.2, 0.25) is 0 Å². The highest BCUT2D eigenvalue weighted by Crippen LogP contribution is 2.35. The fraction of sp³-hybridized carbons (Fsp3) is 0.214. The topological polar surface area (TPSA) is 42.2 Å². The lowest BCUT2D eigenvalue weighted by atomic mass is 10.0. The molecule has 3 nitrogen and oxygen atoms in total. The maximum Gasteiger partial charge on any atom is 0.287 e. The van der Waals surface area contributed by atoms with Crippen LogP contribution in [0.15, 0.2) is 50.4 Å². The summed E-state index contributed by atoms with van der Waals surface area (Å²) in [4.78, 5) is 13.4. The van der Waals surface area contributed by atoms with Crippen molar-refractivity contribution in [1.29, 1.82) is 0 Å². The highest BCUT2D eigenvalue weighted by atomic mass is 79.9. The number of fused-ring (bicyclic) bond motifs is 1. The molecule has 0 aliphatic carbocycles. The molecule has 3 rings (SSSR count). The second-order valence-corrected chi connectivity index (χ2v) is 6.22. The van der Waals surface area contributed by atoms with Crippen LogP contribution in [0.2, 0.25) is 0 Å². The Morgan fingerprint density at radius 1 is 1.32 bits per heavy atom. The van der Waals surface area contributed by atoms with E-state index in [0.717, 1.165) is 12.2 Å². The molecule has 2 heterocycles. The highest BCUT2D eigenvalue weighted by Gasteiger charge is 2.23. The molecule has 0 fully saturated rings. The number of hydrogen-bond donors (Lipinski definition) is 1. The maximum absolute atomic E-state index is 12.1. The Balaban J connectivity index is 1.79.